The van der Waals surface area contributed by atoms with Crippen molar-refractivity contribution in [3.8, 4) is 0 Å². The van der Waals surface area contributed by atoms with Gasteiger partial charge in [0.25, 0.3) is 0 Å². The zero-order chi connectivity index (χ0) is 11.8. The van der Waals surface area contributed by atoms with Crippen LogP contribution in [0.25, 0.3) is 0 Å². The normalized spacial score (nSPS) is 22.6. The molecule has 4 heteroatoms. The van der Waals surface area contributed by atoms with Crippen molar-refractivity contribution < 1.29 is 8.78 Å². The van der Waals surface area contributed by atoms with Crippen LogP contribution in [0.1, 0.15) is 17.2 Å². The van der Waals surface area contributed by atoms with Crippen LogP contribution < -0.4 is 5.32 Å². The molecule has 88 valence electrons. The third kappa shape index (κ3) is 1.97. The van der Waals surface area contributed by atoms with Crippen LogP contribution in [0.4, 0.5) is 8.78 Å². The second-order valence-electron chi connectivity index (χ2n) is 4.12. The van der Waals surface area contributed by atoms with Crippen LogP contribution in [-0.2, 0) is 0 Å². The van der Waals surface area contributed by atoms with Gasteiger partial charge in [0.05, 0.1) is 5.25 Å². The summed E-state index contributed by atoms with van der Waals surface area (Å²) in [6.07, 6.45) is 5.14. The molecule has 0 amide bonds. The Morgan fingerprint density at radius 2 is 2.12 bits per heavy atom. The maximum Gasteiger partial charge on any atom is 0.159 e. The summed E-state index contributed by atoms with van der Waals surface area (Å²) < 4.78 is 26.0. The molecule has 0 aromatic heterocycles. The maximum absolute atomic E-state index is 13.2. The molecule has 1 nitrogen and oxygen atoms in total. The van der Waals surface area contributed by atoms with Gasteiger partial charge in [0.15, 0.2) is 11.6 Å². The number of rotatable bonds is 1. The highest BCUT2D eigenvalue weighted by molar-refractivity contribution is 8.04. The van der Waals surface area contributed by atoms with E-state index in [2.05, 4.69) is 11.4 Å². The Kier molecular flexibility index (Phi) is 2.67. The average molecular weight is 251 g/mol. The lowest BCUT2D eigenvalue weighted by atomic mass is 10.1. The molecule has 1 aromatic rings. The van der Waals surface area contributed by atoms with E-state index in [0.717, 1.165) is 18.5 Å². The van der Waals surface area contributed by atoms with Crippen molar-refractivity contribution in [1.82, 2.24) is 5.32 Å². The summed E-state index contributed by atoms with van der Waals surface area (Å²) in [5.41, 5.74) is 2.13. The standard InChI is InChI=1S/C13H11F2NS/c14-10-2-1-8(5-11(10)15)12-6-9-3-4-16-7-13(9)17-12/h1-2,5-7,12,16H,3-4H2. The van der Waals surface area contributed by atoms with Crippen molar-refractivity contribution >= 4 is 11.8 Å². The molecule has 3 rings (SSSR count). The predicted octanol–water partition coefficient (Wildman–Crippen LogP) is 3.51. The molecule has 2 heterocycles. The van der Waals surface area contributed by atoms with Gasteiger partial charge < -0.3 is 5.32 Å². The van der Waals surface area contributed by atoms with E-state index in [-0.39, 0.29) is 5.25 Å². The highest BCUT2D eigenvalue weighted by atomic mass is 32.2. The summed E-state index contributed by atoms with van der Waals surface area (Å²) in [6, 6.07) is 4.13. The Balaban J connectivity index is 1.91. The fourth-order valence-corrected chi connectivity index (χ4v) is 3.33. The fourth-order valence-electron chi connectivity index (χ4n) is 2.07. The summed E-state index contributed by atoms with van der Waals surface area (Å²) in [7, 11) is 0. The van der Waals surface area contributed by atoms with Gasteiger partial charge in [-0.05, 0) is 29.7 Å². The van der Waals surface area contributed by atoms with E-state index in [1.807, 2.05) is 6.20 Å². The largest absolute Gasteiger partial charge is 0.390 e. The molecule has 0 saturated carbocycles. The molecule has 0 spiro atoms. The Morgan fingerprint density at radius 1 is 1.24 bits per heavy atom. The zero-order valence-corrected chi connectivity index (χ0v) is 9.86. The van der Waals surface area contributed by atoms with Crippen molar-refractivity contribution in [2.75, 3.05) is 6.54 Å². The Morgan fingerprint density at radius 3 is 2.88 bits per heavy atom. The molecule has 17 heavy (non-hydrogen) atoms. The second-order valence-corrected chi connectivity index (χ2v) is 5.30. The number of nitrogens with one attached hydrogen (secondary N) is 1. The topological polar surface area (TPSA) is 12.0 Å². The van der Waals surface area contributed by atoms with E-state index in [1.54, 1.807) is 17.8 Å². The van der Waals surface area contributed by atoms with E-state index in [0.29, 0.717) is 0 Å². The first kappa shape index (κ1) is 10.8. The Bertz CT molecular complexity index is 522. The first-order valence-electron chi connectivity index (χ1n) is 5.50. The molecule has 1 aromatic carbocycles. The summed E-state index contributed by atoms with van der Waals surface area (Å²) in [6.45, 7) is 0.945. The molecule has 0 saturated heterocycles. The molecule has 1 N–H and O–H groups in total. The second kappa shape index (κ2) is 4.18. The lowest BCUT2D eigenvalue weighted by Gasteiger charge is -2.12. The van der Waals surface area contributed by atoms with E-state index in [4.69, 9.17) is 0 Å². The lowest BCUT2D eigenvalue weighted by molar-refractivity contribution is 0.507. The van der Waals surface area contributed by atoms with Crippen LogP contribution in [0.15, 0.2) is 41.0 Å². The van der Waals surface area contributed by atoms with Gasteiger partial charge in [-0.15, -0.1) is 11.8 Å². The molecular formula is C13H11F2NS. The van der Waals surface area contributed by atoms with Crippen LogP contribution in [-0.4, -0.2) is 6.54 Å². The van der Waals surface area contributed by atoms with E-state index >= 15 is 0 Å². The lowest BCUT2D eigenvalue weighted by Crippen LogP contribution is -2.13. The average Bonchev–Trinajstić information content (AvgIpc) is 2.76. The molecule has 1 atom stereocenters. The van der Waals surface area contributed by atoms with Gasteiger partial charge in [0, 0.05) is 17.6 Å². The number of hydrogen-bond donors (Lipinski definition) is 1. The van der Waals surface area contributed by atoms with Gasteiger partial charge in [0.2, 0.25) is 0 Å². The molecule has 0 aliphatic carbocycles. The van der Waals surface area contributed by atoms with E-state index in [1.165, 1.54) is 22.6 Å². The highest BCUT2D eigenvalue weighted by Crippen LogP contribution is 2.47. The maximum atomic E-state index is 13.2. The monoisotopic (exact) mass is 251 g/mol. The van der Waals surface area contributed by atoms with Gasteiger partial charge in [-0.2, -0.15) is 0 Å². The van der Waals surface area contributed by atoms with Gasteiger partial charge in [0.1, 0.15) is 0 Å². The first-order chi connectivity index (χ1) is 8.24. The predicted molar refractivity (Wildman–Crippen MR) is 65.5 cm³/mol. The number of allylic oxidation sites excluding steroid dienone is 1. The van der Waals surface area contributed by atoms with Gasteiger partial charge >= 0.3 is 0 Å². The molecule has 0 fully saturated rings. The number of thioether (sulfide) groups is 1. The molecule has 0 radical (unpaired) electrons. The van der Waals surface area contributed by atoms with Gasteiger partial charge in [-0.3, -0.25) is 0 Å². The minimum Gasteiger partial charge on any atom is -0.390 e. The summed E-state index contributed by atoms with van der Waals surface area (Å²) in [4.78, 5) is 1.21. The van der Waals surface area contributed by atoms with Crippen LogP contribution in [0.2, 0.25) is 0 Å². The first-order valence-corrected chi connectivity index (χ1v) is 6.38. The number of benzene rings is 1. The quantitative estimate of drug-likeness (QED) is 0.819. The Labute approximate surface area is 103 Å². The molecule has 2 aliphatic heterocycles. The van der Waals surface area contributed by atoms with Crippen LogP contribution in [0, 0.1) is 11.6 Å². The van der Waals surface area contributed by atoms with Crippen molar-refractivity contribution in [3.05, 3.63) is 58.2 Å². The summed E-state index contributed by atoms with van der Waals surface area (Å²) >= 11 is 1.68. The van der Waals surface area contributed by atoms with Crippen molar-refractivity contribution in [2.45, 2.75) is 11.7 Å². The molecular weight excluding hydrogens is 240 g/mol. The van der Waals surface area contributed by atoms with Crippen molar-refractivity contribution in [3.63, 3.8) is 0 Å². The molecule has 1 unspecified atom stereocenters. The Hall–Kier alpha value is -1.29. The third-order valence-electron chi connectivity index (χ3n) is 2.97. The van der Waals surface area contributed by atoms with E-state index < -0.39 is 11.6 Å². The number of halogens is 2. The van der Waals surface area contributed by atoms with Crippen LogP contribution >= 0.6 is 11.8 Å². The molecule has 0 bridgehead atoms. The fraction of sp³-hybridized carbons (Fsp3) is 0.231. The minimum absolute atomic E-state index is 0.103. The van der Waals surface area contributed by atoms with Gasteiger partial charge in [-0.1, -0.05) is 12.1 Å². The third-order valence-corrected chi connectivity index (χ3v) is 4.26. The van der Waals surface area contributed by atoms with Crippen molar-refractivity contribution in [1.29, 1.82) is 0 Å². The number of hydrogen-bond acceptors (Lipinski definition) is 2. The smallest absolute Gasteiger partial charge is 0.159 e. The van der Waals surface area contributed by atoms with Crippen LogP contribution in [0.5, 0.6) is 0 Å². The summed E-state index contributed by atoms with van der Waals surface area (Å²) in [5.74, 6) is -1.56. The molecule has 2 aliphatic rings. The van der Waals surface area contributed by atoms with Crippen molar-refractivity contribution in [2.24, 2.45) is 0 Å². The minimum atomic E-state index is -0.789. The van der Waals surface area contributed by atoms with Gasteiger partial charge in [-0.25, -0.2) is 8.78 Å². The van der Waals surface area contributed by atoms with Crippen LogP contribution in [0.3, 0.4) is 0 Å². The highest BCUT2D eigenvalue weighted by Gasteiger charge is 2.24. The number of fused-ring (bicyclic) bond motifs is 1. The zero-order valence-electron chi connectivity index (χ0n) is 9.04. The van der Waals surface area contributed by atoms with E-state index in [9.17, 15) is 8.78 Å². The SMILES string of the molecule is Fc1ccc(C2C=C3CCNC=C3S2)cc1F. The summed E-state index contributed by atoms with van der Waals surface area (Å²) in [5, 5.41) is 3.29.